The highest BCUT2D eigenvalue weighted by molar-refractivity contribution is 5.81. The van der Waals surface area contributed by atoms with Crippen LogP contribution in [0.15, 0.2) is 33.5 Å². The lowest BCUT2D eigenvalue weighted by Gasteiger charge is -2.38. The summed E-state index contributed by atoms with van der Waals surface area (Å²) in [6, 6.07) is 6.02. The lowest BCUT2D eigenvalue weighted by Crippen LogP contribution is -2.58. The molecule has 24 heavy (non-hydrogen) atoms. The van der Waals surface area contributed by atoms with Gasteiger partial charge in [0.15, 0.2) is 6.17 Å². The van der Waals surface area contributed by atoms with Gasteiger partial charge in [0.05, 0.1) is 6.61 Å². The zero-order valence-corrected chi connectivity index (χ0v) is 12.8. The maximum atomic E-state index is 13.7. The number of hydrogen-bond donors (Lipinski definition) is 3. The molecule has 1 aliphatic heterocycles. The molecule has 7 nitrogen and oxygen atoms in total. The largest absolute Gasteiger partial charge is 0.462 e. The molecule has 1 fully saturated rings. The first kappa shape index (κ1) is 16.8. The zero-order valence-electron chi connectivity index (χ0n) is 12.8. The first-order valence-electron chi connectivity index (χ1n) is 7.38. The number of fused-ring (bicyclic) bond motifs is 1. The highest BCUT2D eigenvalue weighted by Gasteiger charge is 2.45. The summed E-state index contributed by atoms with van der Waals surface area (Å²) >= 11 is 0. The van der Waals surface area contributed by atoms with Gasteiger partial charge in [-0.3, -0.25) is 0 Å². The molecular weight excluding hydrogens is 323 g/mol. The molecule has 5 atom stereocenters. The summed E-state index contributed by atoms with van der Waals surface area (Å²) in [4.78, 5) is 11.4. The Balaban J connectivity index is 1.87. The summed E-state index contributed by atoms with van der Waals surface area (Å²) < 4.78 is 29.4. The summed E-state index contributed by atoms with van der Waals surface area (Å²) in [5, 5.41) is 29.4. The van der Waals surface area contributed by atoms with Crippen LogP contribution in [0.5, 0.6) is 5.75 Å². The monoisotopic (exact) mass is 340 g/mol. The van der Waals surface area contributed by atoms with Gasteiger partial charge in [-0.1, -0.05) is 0 Å². The molecule has 0 spiro atoms. The van der Waals surface area contributed by atoms with Gasteiger partial charge in [-0.25, -0.2) is 9.18 Å². The van der Waals surface area contributed by atoms with Gasteiger partial charge in [0.2, 0.25) is 6.29 Å². The second kappa shape index (κ2) is 6.48. The van der Waals surface area contributed by atoms with Gasteiger partial charge in [-0.2, -0.15) is 0 Å². The van der Waals surface area contributed by atoms with Crippen molar-refractivity contribution in [2.75, 3.05) is 6.61 Å². The molecule has 130 valence electrons. The van der Waals surface area contributed by atoms with Crippen LogP contribution < -0.4 is 10.4 Å². The van der Waals surface area contributed by atoms with Crippen molar-refractivity contribution in [3.63, 3.8) is 0 Å². The Labute approximate surface area is 135 Å². The molecular formula is C16H17FO7. The average Bonchev–Trinajstić information content (AvgIpc) is 2.55. The van der Waals surface area contributed by atoms with Crippen molar-refractivity contribution < 1.29 is 33.6 Å². The Morgan fingerprint density at radius 1 is 1.25 bits per heavy atom. The van der Waals surface area contributed by atoms with Gasteiger partial charge in [0.25, 0.3) is 0 Å². The summed E-state index contributed by atoms with van der Waals surface area (Å²) in [5.74, 6) is 0.196. The second-order valence-electron chi connectivity index (χ2n) is 5.68. The van der Waals surface area contributed by atoms with Crippen LogP contribution in [-0.4, -0.2) is 52.7 Å². The third kappa shape index (κ3) is 3.01. The molecule has 0 radical (unpaired) electrons. The Kier molecular flexibility index (Phi) is 4.55. The Bertz CT molecular complexity index is 788. The quantitative estimate of drug-likeness (QED) is 0.688. The first-order valence-corrected chi connectivity index (χ1v) is 7.38. The smallest absolute Gasteiger partial charge is 0.336 e. The number of aryl methyl sites for hydroxylation is 1. The van der Waals surface area contributed by atoms with Gasteiger partial charge < -0.3 is 29.2 Å². The van der Waals surface area contributed by atoms with E-state index < -0.39 is 43.0 Å². The number of ether oxygens (including phenoxy) is 2. The predicted molar refractivity (Wildman–Crippen MR) is 80.5 cm³/mol. The van der Waals surface area contributed by atoms with Crippen LogP contribution in [-0.2, 0) is 4.74 Å². The Hall–Kier alpha value is -2.00. The number of aliphatic hydroxyl groups excluding tert-OH is 3. The lowest BCUT2D eigenvalue weighted by molar-refractivity contribution is -0.265. The normalized spacial score (nSPS) is 30.5. The second-order valence-corrected chi connectivity index (χ2v) is 5.68. The zero-order chi connectivity index (χ0) is 17.4. The number of benzene rings is 1. The van der Waals surface area contributed by atoms with Gasteiger partial charge in [0, 0.05) is 17.5 Å². The van der Waals surface area contributed by atoms with E-state index in [4.69, 9.17) is 19.0 Å². The molecule has 1 unspecified atom stereocenters. The van der Waals surface area contributed by atoms with Crippen molar-refractivity contribution in [3.8, 4) is 5.75 Å². The third-order valence-electron chi connectivity index (χ3n) is 3.97. The molecule has 0 aliphatic carbocycles. The van der Waals surface area contributed by atoms with E-state index in [-0.39, 0.29) is 11.3 Å². The number of alkyl halides is 1. The molecule has 2 heterocycles. The predicted octanol–water partition coefficient (Wildman–Crippen LogP) is 0.257. The van der Waals surface area contributed by atoms with Crippen molar-refractivity contribution >= 4 is 11.0 Å². The molecule has 8 heteroatoms. The number of aliphatic hydroxyl groups is 3. The van der Waals surface area contributed by atoms with Crippen LogP contribution in [0, 0.1) is 6.92 Å². The van der Waals surface area contributed by atoms with Gasteiger partial charge in [-0.05, 0) is 24.6 Å². The standard InChI is InChI=1S/C16H17FO7/c1-7-4-12(19)23-10-5-8(2-3-9(7)10)22-16-15(21)14(20)13(17)11(6-18)24-16/h2-5,11,13-16,18,20-21H,6H2,1H3/t11-,13+,14+,15-,16?/m1/s1. The lowest BCUT2D eigenvalue weighted by atomic mass is 10.0. The number of halogens is 1. The molecule has 2 aromatic rings. The fourth-order valence-corrected chi connectivity index (χ4v) is 2.65. The number of hydrogen-bond acceptors (Lipinski definition) is 7. The van der Waals surface area contributed by atoms with Gasteiger partial charge in [-0.15, -0.1) is 0 Å². The van der Waals surface area contributed by atoms with Crippen molar-refractivity contribution in [1.82, 2.24) is 0 Å². The van der Waals surface area contributed by atoms with Crippen LogP contribution >= 0.6 is 0 Å². The van der Waals surface area contributed by atoms with Crippen molar-refractivity contribution in [2.45, 2.75) is 37.7 Å². The van der Waals surface area contributed by atoms with Crippen molar-refractivity contribution in [3.05, 3.63) is 40.2 Å². The van der Waals surface area contributed by atoms with Crippen molar-refractivity contribution in [1.29, 1.82) is 0 Å². The van der Waals surface area contributed by atoms with Crippen LogP contribution in [0.2, 0.25) is 0 Å². The summed E-state index contributed by atoms with van der Waals surface area (Å²) in [6.07, 6.45) is -8.00. The molecule has 1 saturated heterocycles. The van der Waals surface area contributed by atoms with E-state index in [0.29, 0.717) is 5.39 Å². The van der Waals surface area contributed by atoms with E-state index >= 15 is 0 Å². The molecule has 3 N–H and O–H groups in total. The fraction of sp³-hybridized carbons (Fsp3) is 0.438. The highest BCUT2D eigenvalue weighted by atomic mass is 19.1. The SMILES string of the molecule is Cc1cc(=O)oc2cc(OC3O[C@H](CO)[C@H](F)[C@H](O)[C@H]3O)ccc12. The highest BCUT2D eigenvalue weighted by Crippen LogP contribution is 2.28. The molecule has 1 aliphatic rings. The van der Waals surface area contributed by atoms with E-state index in [1.54, 1.807) is 19.1 Å². The van der Waals surface area contributed by atoms with Crippen molar-refractivity contribution in [2.24, 2.45) is 0 Å². The Morgan fingerprint density at radius 3 is 2.71 bits per heavy atom. The van der Waals surface area contributed by atoms with Gasteiger partial charge >= 0.3 is 5.63 Å². The topological polar surface area (TPSA) is 109 Å². The molecule has 1 aromatic carbocycles. The fourth-order valence-electron chi connectivity index (χ4n) is 2.65. The average molecular weight is 340 g/mol. The van der Waals surface area contributed by atoms with E-state index in [2.05, 4.69) is 0 Å². The minimum absolute atomic E-state index is 0.196. The van der Waals surface area contributed by atoms with Crippen LogP contribution in [0.3, 0.4) is 0 Å². The van der Waals surface area contributed by atoms with Crippen LogP contribution in [0.1, 0.15) is 5.56 Å². The number of rotatable bonds is 3. The van der Waals surface area contributed by atoms with E-state index in [9.17, 15) is 19.4 Å². The maximum absolute atomic E-state index is 13.7. The summed E-state index contributed by atoms with van der Waals surface area (Å²) in [6.45, 7) is 1.09. The Morgan fingerprint density at radius 2 is 2.00 bits per heavy atom. The molecule has 0 amide bonds. The van der Waals surface area contributed by atoms with E-state index in [1.165, 1.54) is 12.1 Å². The van der Waals surface area contributed by atoms with E-state index in [1.807, 2.05) is 0 Å². The van der Waals surface area contributed by atoms with Crippen LogP contribution in [0.4, 0.5) is 4.39 Å². The third-order valence-corrected chi connectivity index (χ3v) is 3.97. The van der Waals surface area contributed by atoms with Gasteiger partial charge in [0.1, 0.15) is 29.6 Å². The van der Waals surface area contributed by atoms with Crippen LogP contribution in [0.25, 0.3) is 11.0 Å². The molecule has 1 aromatic heterocycles. The molecule has 0 saturated carbocycles. The molecule has 0 bridgehead atoms. The molecule has 3 rings (SSSR count). The summed E-state index contributed by atoms with van der Waals surface area (Å²) in [7, 11) is 0. The first-order chi connectivity index (χ1) is 11.4. The van der Waals surface area contributed by atoms with E-state index in [0.717, 1.165) is 5.56 Å². The minimum atomic E-state index is -1.93. The maximum Gasteiger partial charge on any atom is 0.336 e. The minimum Gasteiger partial charge on any atom is -0.462 e. The summed E-state index contributed by atoms with van der Waals surface area (Å²) in [5.41, 5.74) is 0.505.